The molecule has 21 heavy (non-hydrogen) atoms. The normalized spacial score (nSPS) is 13.3. The van der Waals surface area contributed by atoms with Gasteiger partial charge in [-0.2, -0.15) is 0 Å². The number of rotatable bonds is 3. The van der Waals surface area contributed by atoms with Crippen LogP contribution in [0, 0.1) is 5.82 Å². The van der Waals surface area contributed by atoms with Crippen LogP contribution in [0.3, 0.4) is 0 Å². The van der Waals surface area contributed by atoms with E-state index in [1.165, 1.54) is 30.2 Å². The fourth-order valence-electron chi connectivity index (χ4n) is 1.95. The van der Waals surface area contributed by atoms with E-state index in [1.807, 2.05) is 6.08 Å². The Morgan fingerprint density at radius 1 is 1.33 bits per heavy atom. The van der Waals surface area contributed by atoms with Crippen LogP contribution in [0.5, 0.6) is 0 Å². The lowest BCUT2D eigenvalue weighted by atomic mass is 10.1. The molecule has 106 valence electrons. The van der Waals surface area contributed by atoms with Crippen molar-refractivity contribution in [2.24, 2.45) is 0 Å². The summed E-state index contributed by atoms with van der Waals surface area (Å²) in [4.78, 5) is 20.3. The number of thioether (sulfide) groups is 1. The third-order valence-corrected chi connectivity index (χ3v) is 4.12. The maximum Gasteiger partial charge on any atom is 0.248 e. The highest BCUT2D eigenvalue weighted by molar-refractivity contribution is 7.99. The van der Waals surface area contributed by atoms with Crippen LogP contribution in [0.15, 0.2) is 47.4 Å². The maximum atomic E-state index is 12.8. The fraction of sp³-hybridized carbons (Fsp3) is 0.133. The first-order chi connectivity index (χ1) is 10.2. The summed E-state index contributed by atoms with van der Waals surface area (Å²) in [6, 6.07) is 6.07. The third-order valence-electron chi connectivity index (χ3n) is 3.05. The summed E-state index contributed by atoms with van der Waals surface area (Å²) in [6.07, 6.45) is 5.01. The molecule has 1 aromatic heterocycles. The minimum absolute atomic E-state index is 0.124. The number of amides is 1. The lowest BCUT2D eigenvalue weighted by Gasteiger charge is -2.14. The summed E-state index contributed by atoms with van der Waals surface area (Å²) in [6.45, 7) is 0.374. The third kappa shape index (κ3) is 3.28. The molecule has 1 amide bonds. The van der Waals surface area contributed by atoms with E-state index in [0.29, 0.717) is 17.9 Å². The van der Waals surface area contributed by atoms with Crippen LogP contribution in [-0.2, 0) is 11.3 Å². The second kappa shape index (κ2) is 6.05. The highest BCUT2D eigenvalue weighted by atomic mass is 32.2. The van der Waals surface area contributed by atoms with Crippen molar-refractivity contribution in [3.63, 3.8) is 0 Å². The number of carbonyl (C=O) groups excluding carboxylic acids is 1. The highest BCUT2D eigenvalue weighted by Crippen LogP contribution is 2.29. The van der Waals surface area contributed by atoms with Gasteiger partial charge >= 0.3 is 0 Å². The van der Waals surface area contributed by atoms with Gasteiger partial charge in [-0.25, -0.2) is 14.4 Å². The summed E-state index contributed by atoms with van der Waals surface area (Å²) in [7, 11) is 0. The first-order valence-corrected chi connectivity index (χ1v) is 7.37. The van der Waals surface area contributed by atoms with Gasteiger partial charge in [0.1, 0.15) is 17.2 Å². The molecule has 0 atom stereocenters. The van der Waals surface area contributed by atoms with Gasteiger partial charge in [0.2, 0.25) is 5.91 Å². The monoisotopic (exact) mass is 301 g/mol. The zero-order valence-electron chi connectivity index (χ0n) is 11.0. The quantitative estimate of drug-likeness (QED) is 0.885. The number of hydrogen-bond acceptors (Lipinski definition) is 4. The van der Waals surface area contributed by atoms with Crippen molar-refractivity contribution in [3.8, 4) is 0 Å². The topological polar surface area (TPSA) is 54.9 Å². The minimum Gasteiger partial charge on any atom is -0.348 e. The largest absolute Gasteiger partial charge is 0.348 e. The van der Waals surface area contributed by atoms with Crippen LogP contribution in [-0.4, -0.2) is 21.6 Å². The first-order valence-electron chi connectivity index (χ1n) is 6.38. The van der Waals surface area contributed by atoms with E-state index in [9.17, 15) is 9.18 Å². The molecule has 0 spiro atoms. The van der Waals surface area contributed by atoms with E-state index >= 15 is 0 Å². The van der Waals surface area contributed by atoms with Crippen molar-refractivity contribution in [2.45, 2.75) is 11.6 Å². The van der Waals surface area contributed by atoms with Crippen molar-refractivity contribution in [3.05, 3.63) is 59.3 Å². The lowest BCUT2D eigenvalue weighted by molar-refractivity contribution is -0.117. The highest BCUT2D eigenvalue weighted by Gasteiger charge is 2.17. The van der Waals surface area contributed by atoms with Gasteiger partial charge in [0.05, 0.1) is 0 Å². The van der Waals surface area contributed by atoms with Gasteiger partial charge in [0, 0.05) is 29.6 Å². The molecule has 3 rings (SSSR count). The lowest BCUT2D eigenvalue weighted by Crippen LogP contribution is -2.26. The van der Waals surface area contributed by atoms with E-state index in [2.05, 4.69) is 15.3 Å². The van der Waals surface area contributed by atoms with Gasteiger partial charge < -0.3 is 5.32 Å². The molecule has 0 aliphatic carbocycles. The zero-order valence-corrected chi connectivity index (χ0v) is 11.9. The van der Waals surface area contributed by atoms with Crippen LogP contribution in [0.25, 0.3) is 6.08 Å². The molecular weight excluding hydrogens is 289 g/mol. The number of hydrogen-bond donors (Lipinski definition) is 1. The molecule has 1 aliphatic heterocycles. The molecule has 0 radical (unpaired) electrons. The Morgan fingerprint density at radius 3 is 2.95 bits per heavy atom. The average molecular weight is 301 g/mol. The van der Waals surface area contributed by atoms with Gasteiger partial charge in [-0.05, 0) is 23.8 Å². The molecule has 1 aromatic carbocycles. The Balaban J connectivity index is 1.66. The predicted octanol–water partition coefficient (Wildman–Crippen LogP) is 2.42. The van der Waals surface area contributed by atoms with Gasteiger partial charge in [-0.3, -0.25) is 4.79 Å². The molecule has 2 heterocycles. The molecule has 0 saturated carbocycles. The van der Waals surface area contributed by atoms with Crippen LogP contribution >= 0.6 is 11.8 Å². The molecule has 6 heteroatoms. The van der Waals surface area contributed by atoms with Crippen molar-refractivity contribution < 1.29 is 9.18 Å². The molecular formula is C15H12FN3OS. The SMILES string of the molecule is O=C(NCc1ccc(F)cc1)C1=Cc2cncnc2SC1. The van der Waals surface area contributed by atoms with E-state index in [4.69, 9.17) is 0 Å². The second-order valence-electron chi connectivity index (χ2n) is 4.55. The number of halogens is 1. The second-order valence-corrected chi connectivity index (χ2v) is 5.51. The Hall–Kier alpha value is -2.21. The summed E-state index contributed by atoms with van der Waals surface area (Å²) in [5.41, 5.74) is 2.41. The Bertz CT molecular complexity index is 700. The zero-order chi connectivity index (χ0) is 14.7. The van der Waals surface area contributed by atoms with E-state index in [1.54, 1.807) is 18.3 Å². The predicted molar refractivity (Wildman–Crippen MR) is 79.0 cm³/mol. The molecule has 0 fully saturated rings. The Labute approximate surface area is 125 Å². The molecule has 1 aliphatic rings. The van der Waals surface area contributed by atoms with Crippen molar-refractivity contribution in [2.75, 3.05) is 5.75 Å². The maximum absolute atomic E-state index is 12.8. The Kier molecular flexibility index (Phi) is 3.96. The molecule has 0 saturated heterocycles. The van der Waals surface area contributed by atoms with Crippen LogP contribution in [0.1, 0.15) is 11.1 Å². The van der Waals surface area contributed by atoms with Crippen molar-refractivity contribution >= 4 is 23.7 Å². The van der Waals surface area contributed by atoms with Crippen LogP contribution in [0.2, 0.25) is 0 Å². The van der Waals surface area contributed by atoms with E-state index < -0.39 is 0 Å². The molecule has 4 nitrogen and oxygen atoms in total. The number of carbonyl (C=O) groups is 1. The standard InChI is InChI=1S/C15H12FN3OS/c16-13-3-1-10(2-4-13)6-18-14(20)12-5-11-7-17-9-19-15(11)21-8-12/h1-5,7,9H,6,8H2,(H,18,20). The molecule has 0 bridgehead atoms. The molecule has 0 unspecified atom stereocenters. The van der Waals surface area contributed by atoms with Crippen molar-refractivity contribution in [1.29, 1.82) is 0 Å². The number of benzene rings is 1. The molecule has 2 aromatic rings. The van der Waals surface area contributed by atoms with Crippen molar-refractivity contribution in [1.82, 2.24) is 15.3 Å². The van der Waals surface area contributed by atoms with Gasteiger partial charge in [-0.15, -0.1) is 11.8 Å². The number of nitrogens with one attached hydrogen (secondary N) is 1. The van der Waals surface area contributed by atoms with E-state index in [-0.39, 0.29) is 11.7 Å². The van der Waals surface area contributed by atoms with Gasteiger partial charge in [-0.1, -0.05) is 12.1 Å². The average Bonchev–Trinajstić information content (AvgIpc) is 2.53. The van der Waals surface area contributed by atoms with Gasteiger partial charge in [0.25, 0.3) is 0 Å². The van der Waals surface area contributed by atoms with Crippen LogP contribution < -0.4 is 5.32 Å². The number of fused-ring (bicyclic) bond motifs is 1. The van der Waals surface area contributed by atoms with Gasteiger partial charge in [0.15, 0.2) is 0 Å². The summed E-state index contributed by atoms with van der Waals surface area (Å²) in [5, 5.41) is 3.72. The summed E-state index contributed by atoms with van der Waals surface area (Å²) < 4.78 is 12.8. The smallest absolute Gasteiger partial charge is 0.248 e. The first kappa shape index (κ1) is 13.8. The van der Waals surface area contributed by atoms with Crippen LogP contribution in [0.4, 0.5) is 4.39 Å². The Morgan fingerprint density at radius 2 is 2.14 bits per heavy atom. The van der Waals surface area contributed by atoms with E-state index in [0.717, 1.165) is 16.2 Å². The number of nitrogens with zero attached hydrogens (tertiary/aromatic N) is 2. The summed E-state index contributed by atoms with van der Waals surface area (Å²) in [5.74, 6) is 0.175. The number of aromatic nitrogens is 2. The molecule has 1 N–H and O–H groups in total. The minimum atomic E-state index is -0.284. The summed E-state index contributed by atoms with van der Waals surface area (Å²) >= 11 is 1.52. The fourth-order valence-corrected chi connectivity index (χ4v) is 2.86.